The van der Waals surface area contributed by atoms with Gasteiger partial charge >= 0.3 is 0 Å². The van der Waals surface area contributed by atoms with Crippen molar-refractivity contribution in [3.63, 3.8) is 0 Å². The number of benzene rings is 3. The molecule has 0 N–H and O–H groups in total. The zero-order valence-corrected chi connectivity index (χ0v) is 20.0. The van der Waals surface area contributed by atoms with Gasteiger partial charge in [0.1, 0.15) is 11.8 Å². The molecule has 1 heterocycles. The van der Waals surface area contributed by atoms with Crippen LogP contribution in [0.1, 0.15) is 30.5 Å². The highest BCUT2D eigenvalue weighted by Crippen LogP contribution is 2.37. The van der Waals surface area contributed by atoms with Crippen LogP contribution in [0.3, 0.4) is 0 Å². The van der Waals surface area contributed by atoms with Gasteiger partial charge in [0, 0.05) is 0 Å². The van der Waals surface area contributed by atoms with Crippen LogP contribution in [0, 0.1) is 11.3 Å². The molecule has 3 aromatic carbocycles. The second kappa shape index (κ2) is 10.9. The molecule has 0 saturated carbocycles. The monoisotopic (exact) mass is 467 g/mol. The van der Waals surface area contributed by atoms with Crippen molar-refractivity contribution in [1.82, 2.24) is 0 Å². The zero-order valence-electron chi connectivity index (χ0n) is 19.2. The molecule has 6 heteroatoms. The lowest BCUT2D eigenvalue weighted by molar-refractivity contribution is -0.113. The number of carbonyl (C=O) groups excluding carboxylic acids is 1. The van der Waals surface area contributed by atoms with Gasteiger partial charge in [-0.1, -0.05) is 50.2 Å². The van der Waals surface area contributed by atoms with Gasteiger partial charge in [-0.3, -0.25) is 9.69 Å². The van der Waals surface area contributed by atoms with Crippen LogP contribution in [0.15, 0.2) is 82.7 Å². The fourth-order valence-corrected chi connectivity index (χ4v) is 4.50. The lowest BCUT2D eigenvalue weighted by Gasteiger charge is -2.16. The summed E-state index contributed by atoms with van der Waals surface area (Å²) < 4.78 is 5.31. The summed E-state index contributed by atoms with van der Waals surface area (Å²) in [6.45, 7) is 4.23. The van der Waals surface area contributed by atoms with Crippen molar-refractivity contribution in [2.75, 3.05) is 11.5 Å². The number of carbonyl (C=O) groups is 1. The van der Waals surface area contributed by atoms with Crippen LogP contribution in [-0.2, 0) is 17.6 Å². The molecular weight excluding hydrogens is 442 g/mol. The van der Waals surface area contributed by atoms with Gasteiger partial charge in [0.05, 0.1) is 16.3 Å². The first-order valence-electron chi connectivity index (χ1n) is 11.2. The van der Waals surface area contributed by atoms with Crippen LogP contribution >= 0.6 is 11.8 Å². The van der Waals surface area contributed by atoms with E-state index in [1.54, 1.807) is 17.0 Å². The van der Waals surface area contributed by atoms with Gasteiger partial charge in [-0.25, -0.2) is 4.99 Å². The first kappa shape index (κ1) is 23.3. The smallest absolute Gasteiger partial charge is 0.271 e. The number of hydrogen-bond donors (Lipinski definition) is 0. The summed E-state index contributed by atoms with van der Waals surface area (Å²) in [4.78, 5) is 20.6. The Kier molecular flexibility index (Phi) is 7.46. The number of aryl methyl sites for hydroxylation is 2. The molecule has 34 heavy (non-hydrogen) atoms. The standard InChI is InChI=1S/C28H25N3O2S/c1-3-20-5-11-23(12-6-20)30-28-31(24-13-7-21(4-2)8-14-24)27(32)26(34-28)19-22-9-15-25(16-10-22)33-18-17-29/h5-16,19H,3-4,18H2,1-2H3/b26-19-,30-28?. The molecular formula is C28H25N3O2S. The third-order valence-electron chi connectivity index (χ3n) is 5.46. The van der Waals surface area contributed by atoms with E-state index in [0.29, 0.717) is 15.8 Å². The van der Waals surface area contributed by atoms with Crippen molar-refractivity contribution in [2.45, 2.75) is 26.7 Å². The lowest BCUT2D eigenvalue weighted by Crippen LogP contribution is -2.28. The Balaban J connectivity index is 1.68. The molecule has 0 atom stereocenters. The minimum Gasteiger partial charge on any atom is -0.479 e. The van der Waals surface area contributed by atoms with E-state index < -0.39 is 0 Å². The number of nitrogens with zero attached hydrogens (tertiary/aromatic N) is 3. The summed E-state index contributed by atoms with van der Waals surface area (Å²) >= 11 is 1.36. The van der Waals surface area contributed by atoms with Crippen molar-refractivity contribution < 1.29 is 9.53 Å². The van der Waals surface area contributed by atoms with E-state index in [1.807, 2.05) is 60.7 Å². The number of nitriles is 1. The minimum atomic E-state index is -0.108. The van der Waals surface area contributed by atoms with Gasteiger partial charge in [-0.15, -0.1) is 0 Å². The second-order valence-electron chi connectivity index (χ2n) is 7.70. The average Bonchev–Trinajstić information content (AvgIpc) is 3.18. The van der Waals surface area contributed by atoms with Crippen LogP contribution in [-0.4, -0.2) is 17.7 Å². The molecule has 1 amide bonds. The number of aliphatic imine (C=N–C) groups is 1. The third kappa shape index (κ3) is 5.38. The molecule has 1 saturated heterocycles. The molecule has 1 fully saturated rings. The molecule has 0 bridgehead atoms. The fourth-order valence-electron chi connectivity index (χ4n) is 3.50. The Morgan fingerprint density at radius 1 is 0.941 bits per heavy atom. The molecule has 1 aliphatic heterocycles. The van der Waals surface area contributed by atoms with Gasteiger partial charge in [-0.2, -0.15) is 5.26 Å². The maximum Gasteiger partial charge on any atom is 0.271 e. The summed E-state index contributed by atoms with van der Waals surface area (Å²) in [6, 6.07) is 25.4. The summed E-state index contributed by atoms with van der Waals surface area (Å²) in [7, 11) is 0. The lowest BCUT2D eigenvalue weighted by atomic mass is 10.1. The quantitative estimate of drug-likeness (QED) is 0.371. The molecule has 0 aliphatic carbocycles. The molecule has 5 nitrogen and oxygen atoms in total. The van der Waals surface area contributed by atoms with E-state index in [2.05, 4.69) is 26.0 Å². The van der Waals surface area contributed by atoms with Gasteiger partial charge in [0.2, 0.25) is 0 Å². The molecule has 170 valence electrons. The molecule has 0 spiro atoms. The summed E-state index contributed by atoms with van der Waals surface area (Å²) in [5.74, 6) is 0.507. The number of hydrogen-bond acceptors (Lipinski definition) is 5. The first-order chi connectivity index (χ1) is 16.6. The average molecular weight is 468 g/mol. The van der Waals surface area contributed by atoms with E-state index in [-0.39, 0.29) is 12.5 Å². The minimum absolute atomic E-state index is 0.000383. The number of ether oxygens (including phenoxy) is 1. The molecule has 0 unspecified atom stereocenters. The van der Waals surface area contributed by atoms with Crippen LogP contribution in [0.5, 0.6) is 5.75 Å². The Morgan fingerprint density at radius 3 is 2.15 bits per heavy atom. The molecule has 4 rings (SSSR count). The van der Waals surface area contributed by atoms with Crippen LogP contribution in [0.2, 0.25) is 0 Å². The summed E-state index contributed by atoms with van der Waals surface area (Å²) in [6.07, 6.45) is 3.76. The summed E-state index contributed by atoms with van der Waals surface area (Å²) in [5.41, 5.74) is 4.93. The van der Waals surface area contributed by atoms with Crippen molar-refractivity contribution in [3.05, 3.63) is 94.4 Å². The normalized spacial score (nSPS) is 15.7. The van der Waals surface area contributed by atoms with Gasteiger partial charge in [-0.05, 0) is 83.8 Å². The fraction of sp³-hybridized carbons (Fsp3) is 0.179. The SMILES string of the molecule is CCc1ccc(N=C2S/C(=C\c3ccc(OCC#N)cc3)C(=O)N2c2ccc(CC)cc2)cc1. The summed E-state index contributed by atoms with van der Waals surface area (Å²) in [5, 5.41) is 9.29. The number of amidine groups is 1. The maximum atomic E-state index is 13.5. The van der Waals surface area contributed by atoms with Crippen LogP contribution in [0.25, 0.3) is 6.08 Å². The van der Waals surface area contributed by atoms with Crippen LogP contribution < -0.4 is 9.64 Å². The molecule has 0 radical (unpaired) electrons. The maximum absolute atomic E-state index is 13.5. The Morgan fingerprint density at radius 2 is 1.56 bits per heavy atom. The van der Waals surface area contributed by atoms with Crippen LogP contribution in [0.4, 0.5) is 11.4 Å². The Bertz CT molecular complexity index is 1260. The van der Waals surface area contributed by atoms with E-state index in [1.165, 1.54) is 22.9 Å². The molecule has 3 aromatic rings. The molecule has 1 aliphatic rings. The highest BCUT2D eigenvalue weighted by molar-refractivity contribution is 8.19. The van der Waals surface area contributed by atoms with Gasteiger partial charge < -0.3 is 4.74 Å². The number of amides is 1. The Hall–Kier alpha value is -3.82. The van der Waals surface area contributed by atoms with E-state index >= 15 is 0 Å². The largest absolute Gasteiger partial charge is 0.479 e. The van der Waals surface area contributed by atoms with Gasteiger partial charge in [0.25, 0.3) is 5.91 Å². The first-order valence-corrected chi connectivity index (χ1v) is 12.0. The number of anilines is 1. The zero-order chi connectivity index (χ0) is 23.9. The van der Waals surface area contributed by atoms with Crippen molar-refractivity contribution in [3.8, 4) is 11.8 Å². The van der Waals surface area contributed by atoms with E-state index in [9.17, 15) is 4.79 Å². The Labute approximate surface area is 204 Å². The van der Waals surface area contributed by atoms with Crippen molar-refractivity contribution in [1.29, 1.82) is 5.26 Å². The predicted molar refractivity (Wildman–Crippen MR) is 139 cm³/mol. The van der Waals surface area contributed by atoms with Gasteiger partial charge in [0.15, 0.2) is 11.8 Å². The second-order valence-corrected chi connectivity index (χ2v) is 8.71. The highest BCUT2D eigenvalue weighted by Gasteiger charge is 2.34. The van der Waals surface area contributed by atoms with Crippen molar-refractivity contribution >= 4 is 40.3 Å². The number of thioether (sulfide) groups is 1. The third-order valence-corrected chi connectivity index (χ3v) is 6.43. The highest BCUT2D eigenvalue weighted by atomic mass is 32.2. The van der Waals surface area contributed by atoms with E-state index in [0.717, 1.165) is 29.8 Å². The molecule has 0 aromatic heterocycles. The topological polar surface area (TPSA) is 65.7 Å². The van der Waals surface area contributed by atoms with E-state index in [4.69, 9.17) is 15.0 Å². The predicted octanol–water partition coefficient (Wildman–Crippen LogP) is 6.52. The van der Waals surface area contributed by atoms with Crippen molar-refractivity contribution in [2.24, 2.45) is 4.99 Å². The number of rotatable bonds is 7.